The Balaban J connectivity index is 0.000000921. The van der Waals surface area contributed by atoms with Crippen LogP contribution in [0.5, 0.6) is 0 Å². The molecule has 3 rings (SSSR count). The molecule has 154 valence electrons. The van der Waals surface area contributed by atoms with Gasteiger partial charge in [0.2, 0.25) is 5.91 Å². The molecule has 6 nitrogen and oxygen atoms in total. The van der Waals surface area contributed by atoms with Crippen LogP contribution in [-0.4, -0.2) is 40.6 Å². The van der Waals surface area contributed by atoms with Gasteiger partial charge in [-0.3, -0.25) is 9.59 Å². The van der Waals surface area contributed by atoms with E-state index in [0.717, 1.165) is 5.56 Å². The number of hydrogen-bond donors (Lipinski definition) is 1. The molecule has 0 radical (unpaired) electrons. The average molecular weight is 407 g/mol. The molecule has 1 saturated heterocycles. The first kappa shape index (κ1) is 23.7. The van der Waals surface area contributed by atoms with Crippen molar-refractivity contribution < 1.29 is 4.79 Å². The standard InChI is InChI=1S/C17H19ClN4O2.2C2H6/c1-11-5-3-4-6-13(11)12(2)22-8-7-21(10-15(22)23)14-9-19-20-17(24)16(14)18;2*1-2/h3-6,9,12H,7-8,10H2,1-2H3,(H,20,24);2*1-2H3/t12-;;/m0../s1. The lowest BCUT2D eigenvalue weighted by molar-refractivity contribution is -0.133. The van der Waals surface area contributed by atoms with Crippen molar-refractivity contribution >= 4 is 23.2 Å². The van der Waals surface area contributed by atoms with Gasteiger partial charge in [0.05, 0.1) is 24.5 Å². The molecule has 1 N–H and O–H groups in total. The van der Waals surface area contributed by atoms with Crippen molar-refractivity contribution in [2.24, 2.45) is 0 Å². The largest absolute Gasteiger partial charge is 0.358 e. The summed E-state index contributed by atoms with van der Waals surface area (Å²) >= 11 is 6.04. The minimum atomic E-state index is -0.447. The Morgan fingerprint density at radius 3 is 2.36 bits per heavy atom. The Morgan fingerprint density at radius 2 is 1.75 bits per heavy atom. The molecule has 1 aromatic heterocycles. The summed E-state index contributed by atoms with van der Waals surface area (Å²) in [7, 11) is 0. The van der Waals surface area contributed by atoms with E-state index in [0.29, 0.717) is 18.8 Å². The molecular weight excluding hydrogens is 376 g/mol. The zero-order valence-electron chi connectivity index (χ0n) is 17.6. The van der Waals surface area contributed by atoms with E-state index in [2.05, 4.69) is 16.3 Å². The minimum absolute atomic E-state index is 0.00773. The molecule has 2 heterocycles. The van der Waals surface area contributed by atoms with Crippen molar-refractivity contribution in [2.45, 2.75) is 47.6 Å². The van der Waals surface area contributed by atoms with Crippen LogP contribution in [0.15, 0.2) is 35.3 Å². The molecule has 0 spiro atoms. The molecule has 1 atom stereocenters. The van der Waals surface area contributed by atoms with Gasteiger partial charge in [-0.15, -0.1) is 0 Å². The first-order valence-corrected chi connectivity index (χ1v) is 10.2. The summed E-state index contributed by atoms with van der Waals surface area (Å²) in [6, 6.07) is 8.09. The number of hydrogen-bond acceptors (Lipinski definition) is 4. The summed E-state index contributed by atoms with van der Waals surface area (Å²) in [6.07, 6.45) is 1.48. The van der Waals surface area contributed by atoms with E-state index in [4.69, 9.17) is 11.6 Å². The Kier molecular flexibility index (Phi) is 9.73. The van der Waals surface area contributed by atoms with Crippen LogP contribution < -0.4 is 10.5 Å². The lowest BCUT2D eigenvalue weighted by atomic mass is 10.0. The third kappa shape index (κ3) is 5.35. The fraction of sp³-hybridized carbons (Fsp3) is 0.476. The number of carbonyl (C=O) groups excluding carboxylic acids is 1. The van der Waals surface area contributed by atoms with Crippen LogP contribution >= 0.6 is 11.6 Å². The number of nitrogens with zero attached hydrogens (tertiary/aromatic N) is 3. The van der Waals surface area contributed by atoms with Gasteiger partial charge in [0.15, 0.2) is 0 Å². The monoisotopic (exact) mass is 406 g/mol. The molecule has 7 heteroatoms. The molecule has 1 aliphatic rings. The fourth-order valence-electron chi connectivity index (χ4n) is 3.12. The number of aryl methyl sites for hydroxylation is 1. The number of aromatic nitrogens is 2. The summed E-state index contributed by atoms with van der Waals surface area (Å²) < 4.78 is 0. The molecule has 0 saturated carbocycles. The fourth-order valence-corrected chi connectivity index (χ4v) is 3.33. The highest BCUT2D eigenvalue weighted by atomic mass is 35.5. The van der Waals surface area contributed by atoms with Gasteiger partial charge in [-0.05, 0) is 25.0 Å². The Hall–Kier alpha value is -2.34. The molecule has 1 fully saturated rings. The summed E-state index contributed by atoms with van der Waals surface area (Å²) in [5, 5.41) is 6.12. The second-order valence-electron chi connectivity index (χ2n) is 5.94. The summed E-state index contributed by atoms with van der Waals surface area (Å²) in [5.41, 5.74) is 2.37. The molecule has 0 aliphatic carbocycles. The third-order valence-corrected chi connectivity index (χ3v) is 4.85. The van der Waals surface area contributed by atoms with Crippen LogP contribution in [0.3, 0.4) is 0 Å². The molecule has 28 heavy (non-hydrogen) atoms. The van der Waals surface area contributed by atoms with Crippen LogP contribution in [0.4, 0.5) is 5.69 Å². The number of rotatable bonds is 3. The van der Waals surface area contributed by atoms with Gasteiger partial charge in [-0.2, -0.15) is 5.10 Å². The van der Waals surface area contributed by atoms with Gasteiger partial charge >= 0.3 is 0 Å². The number of amides is 1. The van der Waals surface area contributed by atoms with Gasteiger partial charge in [0.1, 0.15) is 5.02 Å². The smallest absolute Gasteiger partial charge is 0.285 e. The number of aromatic amines is 1. The van der Waals surface area contributed by atoms with Crippen LogP contribution in [0.25, 0.3) is 0 Å². The van der Waals surface area contributed by atoms with Crippen LogP contribution in [-0.2, 0) is 4.79 Å². The number of H-pyrrole nitrogens is 1. The summed E-state index contributed by atoms with van der Waals surface area (Å²) in [4.78, 5) is 27.9. The number of nitrogens with one attached hydrogen (secondary N) is 1. The van der Waals surface area contributed by atoms with Crippen LogP contribution in [0.1, 0.15) is 51.8 Å². The average Bonchev–Trinajstić information content (AvgIpc) is 2.73. The van der Waals surface area contributed by atoms with Gasteiger partial charge in [-0.1, -0.05) is 63.6 Å². The Morgan fingerprint density at radius 1 is 1.11 bits per heavy atom. The van der Waals surface area contributed by atoms with Crippen molar-refractivity contribution in [2.75, 3.05) is 24.5 Å². The SMILES string of the molecule is CC.CC.Cc1ccccc1[C@H](C)N1CCN(c2cn[nH]c(=O)c2Cl)CC1=O. The van der Waals surface area contributed by atoms with E-state index in [1.165, 1.54) is 11.8 Å². The summed E-state index contributed by atoms with van der Waals surface area (Å²) in [5.74, 6) is 0.00773. The van der Waals surface area contributed by atoms with E-state index in [9.17, 15) is 9.59 Å². The predicted molar refractivity (Wildman–Crippen MR) is 116 cm³/mol. The van der Waals surface area contributed by atoms with Gasteiger partial charge in [-0.25, -0.2) is 5.10 Å². The van der Waals surface area contributed by atoms with Crippen LogP contribution in [0, 0.1) is 6.92 Å². The molecular formula is C21H31ClN4O2. The van der Waals surface area contributed by atoms with E-state index < -0.39 is 5.56 Å². The van der Waals surface area contributed by atoms with E-state index >= 15 is 0 Å². The van der Waals surface area contributed by atoms with Crippen molar-refractivity contribution in [3.8, 4) is 0 Å². The van der Waals surface area contributed by atoms with Crippen molar-refractivity contribution in [3.63, 3.8) is 0 Å². The van der Waals surface area contributed by atoms with E-state index in [1.807, 2.05) is 64.6 Å². The number of anilines is 1. The second kappa shape index (κ2) is 11.5. The normalized spacial score (nSPS) is 14.5. The minimum Gasteiger partial charge on any atom is -0.358 e. The lowest BCUT2D eigenvalue weighted by Gasteiger charge is -2.39. The second-order valence-corrected chi connectivity index (χ2v) is 6.32. The highest BCUT2D eigenvalue weighted by molar-refractivity contribution is 6.33. The lowest BCUT2D eigenvalue weighted by Crippen LogP contribution is -2.51. The molecule has 2 aromatic rings. The van der Waals surface area contributed by atoms with Gasteiger partial charge < -0.3 is 9.80 Å². The first-order chi connectivity index (χ1) is 13.5. The number of benzene rings is 1. The quantitative estimate of drug-likeness (QED) is 0.829. The van der Waals surface area contributed by atoms with E-state index in [-0.39, 0.29) is 23.5 Å². The number of carbonyl (C=O) groups is 1. The maximum atomic E-state index is 12.6. The Labute approximate surface area is 172 Å². The van der Waals surface area contributed by atoms with Crippen molar-refractivity contribution in [1.29, 1.82) is 0 Å². The third-order valence-electron chi connectivity index (χ3n) is 4.48. The first-order valence-electron chi connectivity index (χ1n) is 9.82. The van der Waals surface area contributed by atoms with Crippen molar-refractivity contribution in [3.05, 3.63) is 57.0 Å². The van der Waals surface area contributed by atoms with Crippen LogP contribution in [0.2, 0.25) is 5.02 Å². The summed E-state index contributed by atoms with van der Waals surface area (Å²) in [6.45, 7) is 13.4. The highest BCUT2D eigenvalue weighted by Gasteiger charge is 2.30. The predicted octanol–water partition coefficient (Wildman–Crippen LogP) is 4.19. The number of piperazine rings is 1. The molecule has 0 unspecified atom stereocenters. The molecule has 1 aliphatic heterocycles. The topological polar surface area (TPSA) is 69.3 Å². The van der Waals surface area contributed by atoms with E-state index in [1.54, 1.807) is 4.90 Å². The zero-order chi connectivity index (χ0) is 21.3. The van der Waals surface area contributed by atoms with Gasteiger partial charge in [0, 0.05) is 13.1 Å². The Bertz CT molecular complexity index is 822. The van der Waals surface area contributed by atoms with Gasteiger partial charge in [0.25, 0.3) is 5.56 Å². The number of halogens is 1. The van der Waals surface area contributed by atoms with Crippen molar-refractivity contribution in [1.82, 2.24) is 15.1 Å². The zero-order valence-corrected chi connectivity index (χ0v) is 18.4. The maximum Gasteiger partial charge on any atom is 0.285 e. The molecule has 1 aromatic carbocycles. The maximum absolute atomic E-state index is 12.6. The molecule has 1 amide bonds. The highest BCUT2D eigenvalue weighted by Crippen LogP contribution is 2.27. The molecule has 0 bridgehead atoms.